The van der Waals surface area contributed by atoms with Gasteiger partial charge in [0.2, 0.25) is 5.91 Å². The molecule has 1 unspecified atom stereocenters. The van der Waals surface area contributed by atoms with Crippen LogP contribution in [0.3, 0.4) is 0 Å². The van der Waals surface area contributed by atoms with E-state index in [4.69, 9.17) is 14.6 Å². The van der Waals surface area contributed by atoms with Gasteiger partial charge in [0.15, 0.2) is 6.61 Å². The Morgan fingerprint density at radius 3 is 2.30 bits per heavy atom. The van der Waals surface area contributed by atoms with E-state index >= 15 is 0 Å². The third-order valence-corrected chi connectivity index (χ3v) is 7.33. The number of carboxylic acid groups (broad SMARTS) is 1. The number of carboxylic acids is 1. The molecule has 2 saturated heterocycles. The van der Waals surface area contributed by atoms with Crippen LogP contribution in [-0.4, -0.2) is 58.8 Å². The summed E-state index contributed by atoms with van der Waals surface area (Å²) in [5, 5.41) is 12.0. The molecule has 1 aromatic carbocycles. The lowest BCUT2D eigenvalue weighted by atomic mass is 9.85. The predicted molar refractivity (Wildman–Crippen MR) is 112 cm³/mol. The number of piperidine rings is 1. The molecule has 204 valence electrons. The first-order valence-corrected chi connectivity index (χ1v) is 11.4. The van der Waals surface area contributed by atoms with Crippen LogP contribution >= 0.6 is 0 Å². The number of carbonyl (C=O) groups is 3. The number of rotatable bonds is 6. The molecule has 14 heteroatoms. The highest BCUT2D eigenvalue weighted by atomic mass is 19.4. The maximum absolute atomic E-state index is 13.2. The van der Waals surface area contributed by atoms with Gasteiger partial charge in [-0.25, -0.2) is 14.5 Å². The summed E-state index contributed by atoms with van der Waals surface area (Å²) in [6.45, 7) is 0.626. The van der Waals surface area contributed by atoms with Crippen LogP contribution in [0.4, 0.5) is 31.1 Å². The molecule has 0 aromatic heterocycles. The summed E-state index contributed by atoms with van der Waals surface area (Å²) in [5.41, 5.74) is -4.62. The largest absolute Gasteiger partial charge is 0.479 e. The molecule has 2 aliphatic heterocycles. The lowest BCUT2D eigenvalue weighted by Crippen LogP contribution is -2.61. The number of amides is 2. The van der Waals surface area contributed by atoms with Crippen molar-refractivity contribution in [3.05, 3.63) is 34.9 Å². The normalized spacial score (nSPS) is 28.2. The molecule has 2 N–H and O–H groups in total. The Kier molecular flexibility index (Phi) is 6.72. The Hall–Kier alpha value is -2.87. The van der Waals surface area contributed by atoms with Gasteiger partial charge in [0.1, 0.15) is 0 Å². The zero-order valence-corrected chi connectivity index (χ0v) is 19.5. The lowest BCUT2D eigenvalue weighted by molar-refractivity contribution is -0.143. The van der Waals surface area contributed by atoms with Crippen LogP contribution in [0, 0.1) is 5.92 Å². The molecule has 1 spiro atoms. The topological polar surface area (TPSA) is 105 Å². The second kappa shape index (κ2) is 9.15. The third-order valence-electron chi connectivity index (χ3n) is 7.33. The van der Waals surface area contributed by atoms with E-state index in [1.807, 2.05) is 0 Å². The molecule has 1 saturated carbocycles. The van der Waals surface area contributed by atoms with Crippen molar-refractivity contribution in [1.82, 2.24) is 10.2 Å². The van der Waals surface area contributed by atoms with Gasteiger partial charge in [0, 0.05) is 18.5 Å². The molecule has 3 fully saturated rings. The van der Waals surface area contributed by atoms with Crippen molar-refractivity contribution >= 4 is 18.0 Å². The summed E-state index contributed by atoms with van der Waals surface area (Å²) >= 11 is 0. The van der Waals surface area contributed by atoms with Gasteiger partial charge in [-0.3, -0.25) is 4.79 Å². The second-order valence-electron chi connectivity index (χ2n) is 9.81. The summed E-state index contributed by atoms with van der Waals surface area (Å²) in [7, 11) is 0. The van der Waals surface area contributed by atoms with Crippen molar-refractivity contribution in [2.24, 2.45) is 5.92 Å². The smallest absolute Gasteiger partial charge is 0.417 e. The molecular weight excluding hydrogens is 514 g/mol. The van der Waals surface area contributed by atoms with Gasteiger partial charge >= 0.3 is 24.4 Å². The average Bonchev–Trinajstić information content (AvgIpc) is 3.42. The molecule has 4 rings (SSSR count). The molecule has 3 aliphatic rings. The maximum atomic E-state index is 13.2. The van der Waals surface area contributed by atoms with Crippen LogP contribution in [0.25, 0.3) is 0 Å². The first kappa shape index (κ1) is 27.2. The van der Waals surface area contributed by atoms with E-state index in [0.717, 1.165) is 4.90 Å². The molecule has 1 aromatic rings. The van der Waals surface area contributed by atoms with Gasteiger partial charge in [-0.2, -0.15) is 26.3 Å². The first-order valence-electron chi connectivity index (χ1n) is 11.4. The lowest BCUT2D eigenvalue weighted by Gasteiger charge is -2.42. The van der Waals surface area contributed by atoms with E-state index in [-0.39, 0.29) is 37.1 Å². The first-order chi connectivity index (χ1) is 17.1. The maximum Gasteiger partial charge on any atom is 0.417 e. The van der Waals surface area contributed by atoms with Crippen LogP contribution in [-0.2, 0) is 31.4 Å². The minimum absolute atomic E-state index is 0.0100. The summed E-state index contributed by atoms with van der Waals surface area (Å²) in [6, 6.07) is 1.33. The van der Waals surface area contributed by atoms with Crippen LogP contribution in [0.2, 0.25) is 0 Å². The average molecular weight is 538 g/mol. The Morgan fingerprint density at radius 1 is 1.14 bits per heavy atom. The van der Waals surface area contributed by atoms with Crippen molar-refractivity contribution in [1.29, 1.82) is 0 Å². The van der Waals surface area contributed by atoms with Crippen molar-refractivity contribution in [2.45, 2.75) is 62.1 Å². The number of nitrogens with one attached hydrogen (secondary N) is 1. The zero-order chi connectivity index (χ0) is 27.4. The molecule has 2 heterocycles. The number of carbonyl (C=O) groups excluding carboxylic acids is 2. The van der Waals surface area contributed by atoms with E-state index in [1.54, 1.807) is 0 Å². The highest BCUT2D eigenvalue weighted by Gasteiger charge is 2.64. The van der Waals surface area contributed by atoms with E-state index in [2.05, 4.69) is 5.32 Å². The predicted octanol–water partition coefficient (Wildman–Crippen LogP) is 4.14. The molecular formula is C23H24F6N2O6. The van der Waals surface area contributed by atoms with Gasteiger partial charge in [-0.1, -0.05) is 0 Å². The number of aliphatic carboxylic acids is 1. The molecule has 0 bridgehead atoms. The highest BCUT2D eigenvalue weighted by Crippen LogP contribution is 2.55. The van der Waals surface area contributed by atoms with Gasteiger partial charge in [0.25, 0.3) is 0 Å². The standard InChI is InChI=1S/C23H24F6N2O6/c1-12(13-4-14(22(24,25)26)6-15(5-13)23(27,28)29)37-11-21-8-16(21)7-20(10-30-21)3-2-17(32)31(20)19(35)36-9-18(33)34/h4-6,12,16,30H,2-3,7-11H2,1H3,(H,33,34)/t12-,16?,20-,21+/m1/s1. The Bertz CT molecular complexity index is 1080. The Morgan fingerprint density at radius 2 is 1.76 bits per heavy atom. The summed E-state index contributed by atoms with van der Waals surface area (Å²) in [6.07, 6.45) is -10.7. The zero-order valence-electron chi connectivity index (χ0n) is 19.5. The van der Waals surface area contributed by atoms with Crippen LogP contribution in [0.15, 0.2) is 18.2 Å². The van der Waals surface area contributed by atoms with E-state index in [9.17, 15) is 40.7 Å². The SMILES string of the molecule is C[C@@H](OC[C@@]12CC1C[C@]1(CCC(=O)N1C(=O)OCC(=O)O)CN2)c1cc(C(F)(F)F)cc(C(F)(F)F)c1. The monoisotopic (exact) mass is 538 g/mol. The van der Waals surface area contributed by atoms with Crippen LogP contribution in [0.1, 0.15) is 55.4 Å². The van der Waals surface area contributed by atoms with Gasteiger partial charge < -0.3 is 19.9 Å². The Labute approximate surface area is 206 Å². The molecule has 0 radical (unpaired) electrons. The summed E-state index contributed by atoms with van der Waals surface area (Å²) in [4.78, 5) is 36.4. The summed E-state index contributed by atoms with van der Waals surface area (Å²) < 4.78 is 89.5. The van der Waals surface area contributed by atoms with Crippen molar-refractivity contribution in [3.63, 3.8) is 0 Å². The molecule has 37 heavy (non-hydrogen) atoms. The second-order valence-corrected chi connectivity index (χ2v) is 9.81. The van der Waals surface area contributed by atoms with Crippen molar-refractivity contribution in [3.8, 4) is 0 Å². The van der Waals surface area contributed by atoms with Crippen molar-refractivity contribution < 1.29 is 55.3 Å². The number of nitrogens with zero attached hydrogens (tertiary/aromatic N) is 1. The summed E-state index contributed by atoms with van der Waals surface area (Å²) in [5.74, 6) is -1.94. The van der Waals surface area contributed by atoms with Gasteiger partial charge in [0.05, 0.1) is 29.4 Å². The quantitative estimate of drug-likeness (QED) is 0.525. The molecule has 1 aliphatic carbocycles. The van der Waals surface area contributed by atoms with Crippen LogP contribution < -0.4 is 5.32 Å². The highest BCUT2D eigenvalue weighted by molar-refractivity contribution is 5.95. The Balaban J connectivity index is 1.43. The van der Waals surface area contributed by atoms with Gasteiger partial charge in [-0.05, 0) is 55.9 Å². The number of hydrogen-bond donors (Lipinski definition) is 2. The fourth-order valence-electron chi connectivity index (χ4n) is 5.22. The number of hydrogen-bond acceptors (Lipinski definition) is 6. The molecule has 2 amide bonds. The van der Waals surface area contributed by atoms with E-state index in [1.165, 1.54) is 6.92 Å². The number of alkyl halides is 6. The molecule has 4 atom stereocenters. The number of fused-ring (bicyclic) bond motifs is 1. The number of ether oxygens (including phenoxy) is 2. The minimum Gasteiger partial charge on any atom is -0.479 e. The van der Waals surface area contributed by atoms with E-state index in [0.29, 0.717) is 31.4 Å². The number of benzene rings is 1. The fourth-order valence-corrected chi connectivity index (χ4v) is 5.22. The number of imide groups is 1. The van der Waals surface area contributed by atoms with E-state index < -0.39 is 65.2 Å². The van der Waals surface area contributed by atoms with Gasteiger partial charge in [-0.15, -0.1) is 0 Å². The minimum atomic E-state index is -4.97. The van der Waals surface area contributed by atoms with Crippen molar-refractivity contribution in [2.75, 3.05) is 19.8 Å². The molecule has 8 nitrogen and oxygen atoms in total. The van der Waals surface area contributed by atoms with Crippen LogP contribution in [0.5, 0.6) is 0 Å². The number of likely N-dealkylation sites (tertiary alicyclic amines) is 1. The third kappa shape index (κ3) is 5.40. The number of halogens is 6. The fraction of sp³-hybridized carbons (Fsp3) is 0.609.